The van der Waals surface area contributed by atoms with E-state index in [1.54, 1.807) is 25.3 Å². The van der Waals surface area contributed by atoms with Gasteiger partial charge >= 0.3 is 5.97 Å². The first-order chi connectivity index (χ1) is 12.0. The van der Waals surface area contributed by atoms with E-state index >= 15 is 0 Å². The number of hydrogen-bond donors (Lipinski definition) is 1. The zero-order chi connectivity index (χ0) is 18.2. The van der Waals surface area contributed by atoms with Crippen molar-refractivity contribution in [2.75, 3.05) is 20.8 Å². The fourth-order valence-corrected chi connectivity index (χ4v) is 2.36. The minimum atomic E-state index is -0.459. The fraction of sp³-hybridized carbons (Fsp3) is 0.263. The zero-order valence-corrected chi connectivity index (χ0v) is 14.4. The van der Waals surface area contributed by atoms with Gasteiger partial charge in [0.05, 0.1) is 25.8 Å². The lowest BCUT2D eigenvalue weighted by atomic mass is 10.1. The first-order valence-electron chi connectivity index (χ1n) is 7.78. The van der Waals surface area contributed by atoms with Crippen LogP contribution in [-0.2, 0) is 9.53 Å². The van der Waals surface area contributed by atoms with Crippen LogP contribution >= 0.6 is 0 Å². The van der Waals surface area contributed by atoms with Crippen molar-refractivity contribution in [3.05, 3.63) is 59.7 Å². The predicted molar refractivity (Wildman–Crippen MR) is 92.8 cm³/mol. The van der Waals surface area contributed by atoms with E-state index in [4.69, 9.17) is 9.47 Å². The molecule has 0 saturated carbocycles. The Hall–Kier alpha value is -3.02. The number of nitrogens with one attached hydrogen (secondary N) is 1. The second-order valence-corrected chi connectivity index (χ2v) is 5.34. The second kappa shape index (κ2) is 8.73. The van der Waals surface area contributed by atoms with E-state index in [0.717, 1.165) is 5.56 Å². The van der Waals surface area contributed by atoms with E-state index in [1.165, 1.54) is 13.2 Å². The van der Waals surface area contributed by atoms with Crippen LogP contribution in [0.2, 0.25) is 0 Å². The van der Waals surface area contributed by atoms with Crippen LogP contribution in [0.3, 0.4) is 0 Å². The number of benzene rings is 2. The van der Waals surface area contributed by atoms with Gasteiger partial charge in [0.15, 0.2) is 6.61 Å². The number of carbonyl (C=O) groups is 2. The molecule has 6 nitrogen and oxygen atoms in total. The quantitative estimate of drug-likeness (QED) is 0.783. The Morgan fingerprint density at radius 3 is 2.56 bits per heavy atom. The van der Waals surface area contributed by atoms with Crippen molar-refractivity contribution < 1.29 is 23.8 Å². The highest BCUT2D eigenvalue weighted by atomic mass is 16.5. The molecule has 0 aliphatic rings. The molecule has 0 aliphatic carbocycles. The number of amides is 1. The average molecular weight is 343 g/mol. The monoisotopic (exact) mass is 343 g/mol. The molecule has 0 spiro atoms. The van der Waals surface area contributed by atoms with Crippen molar-refractivity contribution in [2.45, 2.75) is 13.0 Å². The van der Waals surface area contributed by atoms with E-state index in [2.05, 4.69) is 10.1 Å². The topological polar surface area (TPSA) is 73.9 Å². The summed E-state index contributed by atoms with van der Waals surface area (Å²) in [5, 5.41) is 2.85. The third kappa shape index (κ3) is 4.97. The maximum absolute atomic E-state index is 12.1. The summed E-state index contributed by atoms with van der Waals surface area (Å²) >= 11 is 0. The van der Waals surface area contributed by atoms with E-state index in [9.17, 15) is 9.59 Å². The fourth-order valence-electron chi connectivity index (χ4n) is 2.36. The third-order valence-electron chi connectivity index (χ3n) is 3.61. The summed E-state index contributed by atoms with van der Waals surface area (Å²) in [6.45, 7) is 1.71. The molecule has 1 amide bonds. The van der Waals surface area contributed by atoms with Gasteiger partial charge in [-0.05, 0) is 31.2 Å². The number of carbonyl (C=O) groups excluding carboxylic acids is 2. The Bertz CT molecular complexity index is 744. The van der Waals surface area contributed by atoms with Crippen molar-refractivity contribution in [3.8, 4) is 11.5 Å². The number of hydrogen-bond acceptors (Lipinski definition) is 5. The number of rotatable bonds is 7. The Morgan fingerprint density at radius 1 is 1.08 bits per heavy atom. The van der Waals surface area contributed by atoms with Crippen molar-refractivity contribution in [1.29, 1.82) is 0 Å². The molecule has 0 heterocycles. The molecule has 0 bridgehead atoms. The molecule has 0 aliphatic heterocycles. The van der Waals surface area contributed by atoms with Gasteiger partial charge in [-0.2, -0.15) is 0 Å². The van der Waals surface area contributed by atoms with Gasteiger partial charge in [-0.25, -0.2) is 4.79 Å². The lowest BCUT2D eigenvalue weighted by Crippen LogP contribution is -2.31. The average Bonchev–Trinajstić information content (AvgIpc) is 2.65. The van der Waals surface area contributed by atoms with Crippen LogP contribution in [0.1, 0.15) is 28.9 Å². The van der Waals surface area contributed by atoms with Gasteiger partial charge < -0.3 is 19.5 Å². The second-order valence-electron chi connectivity index (χ2n) is 5.34. The molecule has 2 aromatic rings. The smallest absolute Gasteiger partial charge is 0.337 e. The molecule has 6 heteroatoms. The van der Waals surface area contributed by atoms with Crippen LogP contribution in [0.15, 0.2) is 48.5 Å². The van der Waals surface area contributed by atoms with Crippen LogP contribution in [0.25, 0.3) is 0 Å². The van der Waals surface area contributed by atoms with E-state index in [1.807, 2.05) is 31.2 Å². The van der Waals surface area contributed by atoms with Gasteiger partial charge in [0.1, 0.15) is 11.5 Å². The zero-order valence-electron chi connectivity index (χ0n) is 14.4. The summed E-state index contributed by atoms with van der Waals surface area (Å²) in [5.41, 5.74) is 1.24. The summed E-state index contributed by atoms with van der Waals surface area (Å²) in [4.78, 5) is 23.6. The summed E-state index contributed by atoms with van der Waals surface area (Å²) in [6, 6.07) is 13.7. The molecule has 25 heavy (non-hydrogen) atoms. The summed E-state index contributed by atoms with van der Waals surface area (Å²) in [7, 11) is 2.90. The van der Waals surface area contributed by atoms with E-state index in [-0.39, 0.29) is 18.6 Å². The number of esters is 1. The van der Waals surface area contributed by atoms with Crippen molar-refractivity contribution >= 4 is 11.9 Å². The molecule has 0 aromatic heterocycles. The lowest BCUT2D eigenvalue weighted by molar-refractivity contribution is -0.123. The normalized spacial score (nSPS) is 11.3. The molecule has 1 N–H and O–H groups in total. The minimum absolute atomic E-state index is 0.163. The predicted octanol–water partition coefficient (Wildman–Crippen LogP) is 2.74. The molecule has 2 aromatic carbocycles. The third-order valence-corrected chi connectivity index (χ3v) is 3.61. The molecule has 132 valence electrons. The highest BCUT2D eigenvalue weighted by molar-refractivity contribution is 5.89. The SMILES string of the molecule is COC(=O)c1cccc(OCC(=O)N[C@H](C)c2ccccc2OC)c1. The van der Waals surface area contributed by atoms with Crippen molar-refractivity contribution in [2.24, 2.45) is 0 Å². The molecule has 0 fully saturated rings. The van der Waals surface area contributed by atoms with Crippen LogP contribution in [0, 0.1) is 0 Å². The standard InChI is InChI=1S/C19H21NO5/c1-13(16-9-4-5-10-17(16)23-2)20-18(21)12-25-15-8-6-7-14(11-15)19(22)24-3/h4-11,13H,12H2,1-3H3,(H,20,21)/t13-/m1/s1. The Kier molecular flexibility index (Phi) is 6.39. The maximum atomic E-state index is 12.1. The van der Waals surface area contributed by atoms with Crippen molar-refractivity contribution in [3.63, 3.8) is 0 Å². The highest BCUT2D eigenvalue weighted by Gasteiger charge is 2.14. The lowest BCUT2D eigenvalue weighted by Gasteiger charge is -2.17. The Morgan fingerprint density at radius 2 is 1.84 bits per heavy atom. The summed E-state index contributed by atoms with van der Waals surface area (Å²) in [5.74, 6) is 0.395. The molecule has 0 saturated heterocycles. The van der Waals surface area contributed by atoms with Gasteiger partial charge in [0.25, 0.3) is 5.91 Å². The van der Waals surface area contributed by atoms with Gasteiger partial charge in [-0.3, -0.25) is 4.79 Å². The van der Waals surface area contributed by atoms with Crippen LogP contribution in [0.4, 0.5) is 0 Å². The highest BCUT2D eigenvalue weighted by Crippen LogP contribution is 2.24. The Balaban J connectivity index is 1.93. The van der Waals surface area contributed by atoms with Gasteiger partial charge in [-0.1, -0.05) is 24.3 Å². The molecule has 2 rings (SSSR count). The molecule has 0 radical (unpaired) electrons. The molecule has 1 atom stereocenters. The van der Waals surface area contributed by atoms with Gasteiger partial charge in [0, 0.05) is 5.56 Å². The van der Waals surface area contributed by atoms with E-state index in [0.29, 0.717) is 17.1 Å². The first-order valence-corrected chi connectivity index (χ1v) is 7.78. The van der Waals surface area contributed by atoms with Crippen LogP contribution < -0.4 is 14.8 Å². The Labute approximate surface area is 146 Å². The maximum Gasteiger partial charge on any atom is 0.337 e. The largest absolute Gasteiger partial charge is 0.496 e. The van der Waals surface area contributed by atoms with Crippen molar-refractivity contribution in [1.82, 2.24) is 5.32 Å². The summed E-state index contributed by atoms with van der Waals surface area (Å²) < 4.78 is 15.4. The summed E-state index contributed by atoms with van der Waals surface area (Å²) in [6.07, 6.45) is 0. The van der Waals surface area contributed by atoms with Gasteiger partial charge in [0.2, 0.25) is 0 Å². The number of ether oxygens (including phenoxy) is 3. The first kappa shape index (κ1) is 18.3. The molecule has 0 unspecified atom stereocenters. The minimum Gasteiger partial charge on any atom is -0.496 e. The number of methoxy groups -OCH3 is 2. The number of para-hydroxylation sites is 1. The van der Waals surface area contributed by atoms with E-state index < -0.39 is 5.97 Å². The van der Waals surface area contributed by atoms with Gasteiger partial charge in [-0.15, -0.1) is 0 Å². The molecular formula is C19H21NO5. The van der Waals surface area contributed by atoms with Crippen LogP contribution in [0.5, 0.6) is 11.5 Å². The van der Waals surface area contributed by atoms with Crippen LogP contribution in [-0.4, -0.2) is 32.7 Å². The molecular weight excluding hydrogens is 322 g/mol.